The van der Waals surface area contributed by atoms with Crippen LogP contribution in [0.1, 0.15) is 20.3 Å². The predicted octanol–water partition coefficient (Wildman–Crippen LogP) is 2.63. The molecule has 7 heteroatoms. The van der Waals surface area contributed by atoms with Crippen LogP contribution >= 0.6 is 24.0 Å². The number of thiocarbonyl (C=S) groups is 1. The molecule has 0 saturated heterocycles. The van der Waals surface area contributed by atoms with Crippen molar-refractivity contribution in [3.63, 3.8) is 0 Å². The van der Waals surface area contributed by atoms with Crippen LogP contribution in [-0.4, -0.2) is 40.3 Å². The van der Waals surface area contributed by atoms with E-state index in [-0.39, 0.29) is 23.6 Å². The quantitative estimate of drug-likeness (QED) is 0.723. The van der Waals surface area contributed by atoms with Gasteiger partial charge >= 0.3 is 5.51 Å². The van der Waals surface area contributed by atoms with Gasteiger partial charge in [0.25, 0.3) is 0 Å². The minimum atomic E-state index is -4.15. The van der Waals surface area contributed by atoms with E-state index in [4.69, 9.17) is 18.0 Å². The number of hydrogen-bond acceptors (Lipinski definition) is 3. The zero-order chi connectivity index (χ0) is 12.8. The molecule has 0 unspecified atom stereocenters. The summed E-state index contributed by atoms with van der Waals surface area (Å²) in [7, 11) is 0. The summed E-state index contributed by atoms with van der Waals surface area (Å²) in [6.07, 6.45) is 0.546. The molecule has 0 heterocycles. The summed E-state index contributed by atoms with van der Waals surface area (Å²) < 4.78 is 35.8. The smallest absolute Gasteiger partial charge is 0.393 e. The number of halogens is 3. The van der Waals surface area contributed by atoms with E-state index in [0.717, 1.165) is 0 Å². The second-order valence-corrected chi connectivity index (χ2v) is 5.32. The monoisotopic (exact) mass is 274 g/mol. The van der Waals surface area contributed by atoms with Gasteiger partial charge in [0.05, 0.1) is 4.99 Å². The Labute approximate surface area is 104 Å². The van der Waals surface area contributed by atoms with Gasteiger partial charge in [-0.1, -0.05) is 12.2 Å². The van der Waals surface area contributed by atoms with E-state index in [1.54, 1.807) is 0 Å². The third-order valence-electron chi connectivity index (χ3n) is 2.02. The highest BCUT2D eigenvalue weighted by Gasteiger charge is 2.28. The summed E-state index contributed by atoms with van der Waals surface area (Å²) in [5.41, 5.74) is 1.21. The van der Waals surface area contributed by atoms with Crippen LogP contribution in [0.15, 0.2) is 0 Å². The number of hydrogen-bond donors (Lipinski definition) is 1. The Balaban J connectivity index is 3.90. The second kappa shape index (κ2) is 7.34. The standard InChI is InChI=1S/C9H17F3N2S2/c1-7(2)14(4-3-8(13)15)5-6-16-9(10,11)12/h7H,3-6H2,1-2H3,(H2,13,15). The molecule has 96 valence electrons. The third kappa shape index (κ3) is 9.23. The van der Waals surface area contributed by atoms with Gasteiger partial charge in [-0.15, -0.1) is 0 Å². The molecule has 2 N–H and O–H groups in total. The maximum absolute atomic E-state index is 11.9. The molecule has 0 aromatic carbocycles. The molecule has 0 bridgehead atoms. The van der Waals surface area contributed by atoms with Crippen LogP contribution < -0.4 is 5.73 Å². The molecule has 0 spiro atoms. The van der Waals surface area contributed by atoms with Gasteiger partial charge in [0.15, 0.2) is 0 Å². The third-order valence-corrected chi connectivity index (χ3v) is 2.94. The second-order valence-electron chi connectivity index (χ2n) is 3.64. The number of rotatable bonds is 7. The zero-order valence-electron chi connectivity index (χ0n) is 9.38. The lowest BCUT2D eigenvalue weighted by molar-refractivity contribution is -0.0329. The van der Waals surface area contributed by atoms with Crippen LogP contribution in [0.25, 0.3) is 0 Å². The van der Waals surface area contributed by atoms with E-state index in [1.165, 1.54) is 0 Å². The molecule has 0 fully saturated rings. The van der Waals surface area contributed by atoms with Gasteiger partial charge in [-0.25, -0.2) is 0 Å². The van der Waals surface area contributed by atoms with Crippen molar-refractivity contribution in [2.24, 2.45) is 5.73 Å². The largest absolute Gasteiger partial charge is 0.441 e. The molecule has 0 aliphatic heterocycles. The number of nitrogens with zero attached hydrogens (tertiary/aromatic N) is 1. The van der Waals surface area contributed by atoms with Gasteiger partial charge in [-0.3, -0.25) is 4.90 Å². The van der Waals surface area contributed by atoms with E-state index < -0.39 is 5.51 Å². The minimum absolute atomic E-state index is 0.00780. The van der Waals surface area contributed by atoms with Gasteiger partial charge in [0, 0.05) is 31.3 Å². The summed E-state index contributed by atoms with van der Waals surface area (Å²) >= 11 is 4.75. The van der Waals surface area contributed by atoms with Crippen molar-refractivity contribution in [2.75, 3.05) is 18.8 Å². The Bertz CT molecular complexity index is 219. The van der Waals surface area contributed by atoms with Crippen LogP contribution in [0.2, 0.25) is 0 Å². The summed E-state index contributed by atoms with van der Waals surface area (Å²) in [4.78, 5) is 2.34. The first-order valence-electron chi connectivity index (χ1n) is 4.95. The maximum atomic E-state index is 11.9. The van der Waals surface area contributed by atoms with Gasteiger partial charge in [0.2, 0.25) is 0 Å². The summed E-state index contributed by atoms with van der Waals surface area (Å²) in [5.74, 6) is 0.0407. The molecule has 0 rings (SSSR count). The van der Waals surface area contributed by atoms with Crippen molar-refractivity contribution < 1.29 is 13.2 Å². The first-order chi connectivity index (χ1) is 7.22. The summed E-state index contributed by atoms with van der Waals surface area (Å²) in [5, 5.41) is 0. The molecule has 0 atom stereocenters. The van der Waals surface area contributed by atoms with Crippen LogP contribution in [0.4, 0.5) is 13.2 Å². The van der Waals surface area contributed by atoms with Crippen molar-refractivity contribution >= 4 is 29.0 Å². The van der Waals surface area contributed by atoms with Crippen molar-refractivity contribution in [3.05, 3.63) is 0 Å². The van der Waals surface area contributed by atoms with E-state index in [1.807, 2.05) is 18.7 Å². The van der Waals surface area contributed by atoms with Gasteiger partial charge in [-0.2, -0.15) is 13.2 Å². The van der Waals surface area contributed by atoms with E-state index in [2.05, 4.69) is 0 Å². The van der Waals surface area contributed by atoms with Crippen molar-refractivity contribution in [2.45, 2.75) is 31.8 Å². The molecule has 0 aliphatic carbocycles. The topological polar surface area (TPSA) is 29.3 Å². The molecule has 16 heavy (non-hydrogen) atoms. The summed E-state index contributed by atoms with van der Waals surface area (Å²) in [6, 6.07) is 0.197. The first kappa shape index (κ1) is 16.0. The fourth-order valence-corrected chi connectivity index (χ4v) is 1.81. The van der Waals surface area contributed by atoms with Crippen molar-refractivity contribution in [1.29, 1.82) is 0 Å². The van der Waals surface area contributed by atoms with E-state index >= 15 is 0 Å². The van der Waals surface area contributed by atoms with Gasteiger partial charge in [-0.05, 0) is 25.6 Å². The Hall–Kier alpha value is -0.0100. The number of nitrogens with two attached hydrogens (primary N) is 1. The lowest BCUT2D eigenvalue weighted by Crippen LogP contribution is -2.35. The average molecular weight is 274 g/mol. The van der Waals surface area contributed by atoms with Gasteiger partial charge in [0.1, 0.15) is 0 Å². The minimum Gasteiger partial charge on any atom is -0.393 e. The highest BCUT2D eigenvalue weighted by atomic mass is 32.2. The van der Waals surface area contributed by atoms with Crippen LogP contribution in [0.3, 0.4) is 0 Å². The number of thioether (sulfide) groups is 1. The Kier molecular flexibility index (Phi) is 7.34. The zero-order valence-corrected chi connectivity index (χ0v) is 11.0. The molecular weight excluding hydrogens is 257 g/mol. The first-order valence-corrected chi connectivity index (χ1v) is 6.35. The Morgan fingerprint density at radius 1 is 1.38 bits per heavy atom. The van der Waals surface area contributed by atoms with Crippen molar-refractivity contribution in [3.8, 4) is 0 Å². The van der Waals surface area contributed by atoms with E-state index in [9.17, 15) is 13.2 Å². The lowest BCUT2D eigenvalue weighted by atomic mass is 10.3. The van der Waals surface area contributed by atoms with E-state index in [0.29, 0.717) is 24.5 Å². The molecule has 0 radical (unpaired) electrons. The normalized spacial score (nSPS) is 12.4. The highest BCUT2D eigenvalue weighted by molar-refractivity contribution is 8.00. The lowest BCUT2D eigenvalue weighted by Gasteiger charge is -2.26. The number of alkyl halides is 3. The molecule has 0 aliphatic rings. The molecule has 0 aromatic rings. The molecule has 0 saturated carbocycles. The Morgan fingerprint density at radius 2 is 1.94 bits per heavy atom. The predicted molar refractivity (Wildman–Crippen MR) is 66.6 cm³/mol. The summed E-state index contributed by atoms with van der Waals surface area (Å²) in [6.45, 7) is 4.89. The van der Waals surface area contributed by atoms with Crippen LogP contribution in [0, 0.1) is 0 Å². The maximum Gasteiger partial charge on any atom is 0.441 e. The van der Waals surface area contributed by atoms with Crippen LogP contribution in [-0.2, 0) is 0 Å². The molecule has 0 aromatic heterocycles. The van der Waals surface area contributed by atoms with Gasteiger partial charge < -0.3 is 5.73 Å². The highest BCUT2D eigenvalue weighted by Crippen LogP contribution is 2.29. The fourth-order valence-electron chi connectivity index (χ4n) is 1.16. The molecular formula is C9H17F3N2S2. The molecule has 2 nitrogen and oxygen atoms in total. The SMILES string of the molecule is CC(C)N(CCSC(F)(F)F)CCC(N)=S. The Morgan fingerprint density at radius 3 is 2.31 bits per heavy atom. The fraction of sp³-hybridized carbons (Fsp3) is 0.889. The molecule has 0 amide bonds. The van der Waals surface area contributed by atoms with Crippen molar-refractivity contribution in [1.82, 2.24) is 4.90 Å². The van der Waals surface area contributed by atoms with Crippen LogP contribution in [0.5, 0.6) is 0 Å². The average Bonchev–Trinajstić information content (AvgIpc) is 2.07.